The monoisotopic (exact) mass is 289 g/mol. The Morgan fingerprint density at radius 1 is 1.14 bits per heavy atom. The Morgan fingerprint density at radius 3 is 2.07 bits per heavy atom. The zero-order valence-electron chi connectivity index (χ0n) is 8.40. The summed E-state index contributed by atoms with van der Waals surface area (Å²) in [6, 6.07) is 9.34. The largest absolute Gasteiger partial charge is 0.409 e. The molecule has 1 rings (SSSR count). The van der Waals surface area contributed by atoms with Crippen LogP contribution in [0.15, 0.2) is 30.3 Å². The van der Waals surface area contributed by atoms with Gasteiger partial charge in [0.15, 0.2) is 0 Å². The molecule has 0 unspecified atom stereocenters. The maximum Gasteiger partial charge on any atom is 0.00653 e. The fourth-order valence-electron chi connectivity index (χ4n) is 0.738. The Balaban J connectivity index is 0. The minimum Gasteiger partial charge on any atom is -0.409 e. The van der Waals surface area contributed by atoms with Gasteiger partial charge in [0.05, 0.1) is 0 Å². The van der Waals surface area contributed by atoms with Gasteiger partial charge in [-0.25, -0.2) is 0 Å². The second-order valence-electron chi connectivity index (χ2n) is 2.04. The molecule has 1 radical (unpaired) electrons. The summed E-state index contributed by atoms with van der Waals surface area (Å²) in [6.45, 7) is 4.36. The van der Waals surface area contributed by atoms with E-state index in [1.807, 2.05) is 44.2 Å². The van der Waals surface area contributed by atoms with Crippen LogP contribution in [0.25, 0.3) is 0 Å². The van der Waals surface area contributed by atoms with Gasteiger partial charge in [0.25, 0.3) is 0 Å². The van der Waals surface area contributed by atoms with Crippen LogP contribution in [-0.4, -0.2) is 0 Å². The van der Waals surface area contributed by atoms with E-state index in [-0.39, 0.29) is 32.7 Å². The maximum atomic E-state index is 10.1. The zero-order valence-corrected chi connectivity index (χ0v) is 12.1. The molecule has 5 heteroatoms. The molecule has 1 aromatic rings. The maximum absolute atomic E-state index is 10.1. The topological polar surface area (TPSA) is 46.2 Å². The van der Waals surface area contributed by atoms with Crippen LogP contribution in [0, 0.1) is 0 Å². The predicted molar refractivity (Wildman–Crippen MR) is 53.4 cm³/mol. The molecule has 0 aromatic heterocycles. The first-order valence-electron chi connectivity index (χ1n) is 4.16. The van der Waals surface area contributed by atoms with Gasteiger partial charge in [0.2, 0.25) is 0 Å². The average Bonchev–Trinajstić information content (AvgIpc) is 2.19. The van der Waals surface area contributed by atoms with Gasteiger partial charge in [-0.2, -0.15) is 0 Å². The third kappa shape index (κ3) is 8.82. The van der Waals surface area contributed by atoms with E-state index in [0.717, 1.165) is 5.56 Å². The fraction of sp³-hybridized carbons (Fsp3) is 0.333. The van der Waals surface area contributed by atoms with E-state index in [2.05, 4.69) is 4.72 Å². The first-order chi connectivity index (χ1) is 6.29. The molecule has 1 aromatic carbocycles. The molecule has 0 spiro atoms. The minimum atomic E-state index is -2.17. The molecule has 0 aliphatic carbocycles. The van der Waals surface area contributed by atoms with Crippen molar-refractivity contribution in [1.29, 1.82) is 0 Å². The van der Waals surface area contributed by atoms with Crippen LogP contribution >= 0.6 is 0 Å². The predicted octanol–water partition coefficient (Wildman–Crippen LogP) is 2.02. The number of hydrogen-bond acceptors (Lipinski definition) is 3. The van der Waals surface area contributed by atoms with E-state index in [4.69, 9.17) is 0 Å². The van der Waals surface area contributed by atoms with Crippen LogP contribution in [0.4, 0.5) is 0 Å². The van der Waals surface area contributed by atoms with Gasteiger partial charge in [-0.15, -0.1) is 0 Å². The summed E-state index contributed by atoms with van der Waals surface area (Å²) in [5.41, 5.74) is 0.955. The van der Waals surface area contributed by atoms with Crippen LogP contribution < -0.4 is 4.72 Å². The normalized spacial score (nSPS) is 8.50. The molecular formula is C9H14NO2SY-. The van der Waals surface area contributed by atoms with Crippen molar-refractivity contribution in [2.45, 2.75) is 20.4 Å². The molecule has 0 atom stereocenters. The number of rotatable bonds is 3. The third-order valence-corrected chi connectivity index (χ3v) is 1.62. The van der Waals surface area contributed by atoms with Crippen LogP contribution in [0.5, 0.6) is 0 Å². The molecule has 0 saturated carbocycles. The van der Waals surface area contributed by atoms with Gasteiger partial charge in [-0.1, -0.05) is 44.2 Å². The Morgan fingerprint density at radius 2 is 1.64 bits per heavy atom. The molecule has 0 saturated heterocycles. The van der Waals surface area contributed by atoms with Crippen LogP contribution in [-0.2, 0) is 58.6 Å². The van der Waals surface area contributed by atoms with E-state index in [1.54, 1.807) is 0 Å². The van der Waals surface area contributed by atoms with Gasteiger partial charge in [-0.3, -0.25) is 0 Å². The Bertz CT molecular complexity index is 280. The van der Waals surface area contributed by atoms with E-state index in [9.17, 15) is 8.42 Å². The molecule has 0 heterocycles. The van der Waals surface area contributed by atoms with Crippen molar-refractivity contribution in [3.05, 3.63) is 35.9 Å². The van der Waals surface area contributed by atoms with Crippen LogP contribution in [0.1, 0.15) is 19.4 Å². The summed E-state index contributed by atoms with van der Waals surface area (Å²) in [5, 5.41) is 0. The van der Waals surface area contributed by atoms with E-state index in [1.165, 1.54) is 0 Å². The molecule has 1 N–H and O–H groups in total. The molecule has 0 amide bonds. The molecule has 77 valence electrons. The molecule has 0 bridgehead atoms. The first kappa shape index (κ1) is 16.7. The molecule has 3 nitrogen and oxygen atoms in total. The van der Waals surface area contributed by atoms with Gasteiger partial charge in [-0.05, 0) is 16.5 Å². The van der Waals surface area contributed by atoms with Crippen molar-refractivity contribution < 1.29 is 41.1 Å². The molecule has 0 fully saturated rings. The standard InChI is InChI=1S/C7H8NO2S.C2H6.Y/c9-11(10)8-6-7-4-2-1-3-5-7;1-2;/h1-5H,6H2,(H,8,9,10);1-2H3;/q-1;;. The summed E-state index contributed by atoms with van der Waals surface area (Å²) in [5.74, 6) is 0. The van der Waals surface area contributed by atoms with Crippen molar-refractivity contribution in [2.75, 3.05) is 0 Å². The SMILES string of the molecule is CC.O=[S-](=O)NCc1ccccc1.[Y]. The van der Waals surface area contributed by atoms with Crippen molar-refractivity contribution in [1.82, 2.24) is 4.72 Å². The molecule has 0 aliphatic rings. The van der Waals surface area contributed by atoms with Crippen molar-refractivity contribution in [3.8, 4) is 0 Å². The number of nitrogens with one attached hydrogen (secondary N) is 1. The van der Waals surface area contributed by atoms with E-state index >= 15 is 0 Å². The second kappa shape index (κ2) is 11.3. The van der Waals surface area contributed by atoms with E-state index in [0.29, 0.717) is 6.54 Å². The van der Waals surface area contributed by atoms with Gasteiger partial charge < -0.3 is 13.1 Å². The summed E-state index contributed by atoms with van der Waals surface area (Å²) in [6.07, 6.45) is 0. The molecular weight excluding hydrogens is 275 g/mol. The average molecular weight is 289 g/mol. The molecule has 0 aliphatic heterocycles. The fourth-order valence-corrected chi connectivity index (χ4v) is 1.02. The Hall–Kier alpha value is 0.234. The second-order valence-corrected chi connectivity index (χ2v) is 2.80. The summed E-state index contributed by atoms with van der Waals surface area (Å²) in [4.78, 5) is 0. The third-order valence-electron chi connectivity index (χ3n) is 1.24. The Kier molecular flexibility index (Phi) is 13.5. The van der Waals surface area contributed by atoms with Gasteiger partial charge in [0, 0.05) is 39.3 Å². The summed E-state index contributed by atoms with van der Waals surface area (Å²) in [7, 11) is -2.17. The summed E-state index contributed by atoms with van der Waals surface area (Å²) >= 11 is 0. The number of benzene rings is 1. The van der Waals surface area contributed by atoms with E-state index < -0.39 is 10.9 Å². The van der Waals surface area contributed by atoms with Crippen molar-refractivity contribution in [2.24, 2.45) is 0 Å². The quantitative estimate of drug-likeness (QED) is 0.865. The van der Waals surface area contributed by atoms with Gasteiger partial charge >= 0.3 is 0 Å². The smallest absolute Gasteiger partial charge is 0.00653 e. The van der Waals surface area contributed by atoms with Crippen molar-refractivity contribution in [3.63, 3.8) is 0 Å². The first-order valence-corrected chi connectivity index (χ1v) is 5.23. The van der Waals surface area contributed by atoms with Crippen LogP contribution in [0.3, 0.4) is 0 Å². The van der Waals surface area contributed by atoms with Crippen LogP contribution in [0.2, 0.25) is 0 Å². The minimum absolute atomic E-state index is 0. The molecule has 14 heavy (non-hydrogen) atoms. The zero-order chi connectivity index (χ0) is 10.1. The Labute approximate surface area is 112 Å². The van der Waals surface area contributed by atoms with Gasteiger partial charge in [0.1, 0.15) is 0 Å². The number of hydrogen-bond donors (Lipinski definition) is 1. The summed E-state index contributed by atoms with van der Waals surface area (Å²) < 4.78 is 22.4. The van der Waals surface area contributed by atoms with Crippen molar-refractivity contribution >= 4 is 10.9 Å².